The number of nitrogens with one attached hydrogen (secondary N) is 2. The number of rotatable bonds is 9. The van der Waals surface area contributed by atoms with Crippen molar-refractivity contribution in [3.8, 4) is 17.6 Å². The number of hydrogen-bond acceptors (Lipinski definition) is 8. The van der Waals surface area contributed by atoms with Gasteiger partial charge in [-0.05, 0) is 63.9 Å². The first kappa shape index (κ1) is 31.8. The quantitative estimate of drug-likeness (QED) is 0.159. The Kier molecular flexibility index (Phi) is 10.3. The molecule has 0 bridgehead atoms. The fraction of sp³-hybridized carbons (Fsp3) is 0.484. The van der Waals surface area contributed by atoms with Crippen molar-refractivity contribution in [2.24, 2.45) is 0 Å². The molecule has 220 valence electrons. The van der Waals surface area contributed by atoms with Gasteiger partial charge in [0.25, 0.3) is 0 Å². The molecule has 0 atom stereocenters. The molecule has 0 radical (unpaired) electrons. The van der Waals surface area contributed by atoms with Crippen LogP contribution >= 0.6 is 0 Å². The van der Waals surface area contributed by atoms with Gasteiger partial charge < -0.3 is 19.2 Å². The van der Waals surface area contributed by atoms with Crippen molar-refractivity contribution in [2.75, 3.05) is 30.9 Å². The van der Waals surface area contributed by atoms with E-state index in [2.05, 4.69) is 71.3 Å². The molecule has 1 amide bonds. The van der Waals surface area contributed by atoms with Gasteiger partial charge in [-0.3, -0.25) is 10.3 Å². The van der Waals surface area contributed by atoms with Crippen LogP contribution in [0.5, 0.6) is 5.75 Å². The first-order chi connectivity index (χ1) is 19.2. The predicted octanol–water partition coefficient (Wildman–Crippen LogP) is 6.99. The Morgan fingerprint density at radius 3 is 2.34 bits per heavy atom. The molecule has 0 aliphatic rings. The number of aromatic nitrogens is 3. The summed E-state index contributed by atoms with van der Waals surface area (Å²) in [6, 6.07) is 3.60. The zero-order valence-electron chi connectivity index (χ0n) is 25.8. The van der Waals surface area contributed by atoms with Crippen LogP contribution in [0.15, 0.2) is 36.9 Å². The third-order valence-corrected chi connectivity index (χ3v) is 11.4. The first-order valence-corrected chi connectivity index (χ1v) is 16.8. The summed E-state index contributed by atoms with van der Waals surface area (Å²) in [5.41, 5.74) is 0.785. The van der Waals surface area contributed by atoms with Crippen molar-refractivity contribution in [2.45, 2.75) is 78.1 Å². The molecule has 3 aromatic rings. The first-order valence-electron chi connectivity index (χ1n) is 13.9. The van der Waals surface area contributed by atoms with Crippen LogP contribution in [0, 0.1) is 11.8 Å². The van der Waals surface area contributed by atoms with Gasteiger partial charge in [-0.2, -0.15) is 0 Å². The second-order valence-electron chi connectivity index (χ2n) is 12.3. The molecule has 2 N–H and O–H groups in total. The molecule has 10 heteroatoms. The largest absolute Gasteiger partial charge is 0.491 e. The van der Waals surface area contributed by atoms with Gasteiger partial charge in [0.1, 0.15) is 17.2 Å². The fourth-order valence-electron chi connectivity index (χ4n) is 3.57. The number of carbonyl (C=O) groups excluding carboxylic acids is 1. The Hall–Kier alpha value is -3.68. The highest BCUT2D eigenvalue weighted by molar-refractivity contribution is 6.74. The minimum atomic E-state index is -1.74. The zero-order valence-corrected chi connectivity index (χ0v) is 26.8. The molecular formula is C31H43N5O4Si. The van der Waals surface area contributed by atoms with Crippen molar-refractivity contribution >= 4 is 36.8 Å². The van der Waals surface area contributed by atoms with E-state index < -0.39 is 20.0 Å². The van der Waals surface area contributed by atoms with E-state index >= 15 is 0 Å². The summed E-state index contributed by atoms with van der Waals surface area (Å²) in [4.78, 5) is 25.4. The van der Waals surface area contributed by atoms with Crippen LogP contribution in [0.25, 0.3) is 10.8 Å². The SMILES string of the molecule is CNc1ncc(C#Cc2ccncc2OCCCCO[Si](C)(C)C(C)(C)C)c2cc(NC(=O)OC(C)(C)C)ncc12. The maximum absolute atomic E-state index is 12.3. The number of unbranched alkanes of at least 4 members (excludes halogenated alkanes) is 1. The molecule has 3 aromatic heterocycles. The molecule has 0 fully saturated rings. The van der Waals surface area contributed by atoms with Crippen LogP contribution in [0.3, 0.4) is 0 Å². The van der Waals surface area contributed by atoms with E-state index in [1.807, 2.05) is 6.07 Å². The maximum Gasteiger partial charge on any atom is 0.413 e. The van der Waals surface area contributed by atoms with Crippen LogP contribution in [0.2, 0.25) is 18.1 Å². The monoisotopic (exact) mass is 577 g/mol. The number of nitrogens with zero attached hydrogens (tertiary/aromatic N) is 3. The lowest BCUT2D eigenvalue weighted by molar-refractivity contribution is 0.0635. The van der Waals surface area contributed by atoms with E-state index in [1.165, 1.54) is 0 Å². The fourth-order valence-corrected chi connectivity index (χ4v) is 4.66. The van der Waals surface area contributed by atoms with Gasteiger partial charge in [0, 0.05) is 43.0 Å². The Labute approximate surface area is 245 Å². The maximum atomic E-state index is 12.3. The zero-order chi connectivity index (χ0) is 30.3. The molecular weight excluding hydrogens is 534 g/mol. The van der Waals surface area contributed by atoms with Crippen molar-refractivity contribution < 1.29 is 18.7 Å². The summed E-state index contributed by atoms with van der Waals surface area (Å²) < 4.78 is 17.7. The Bertz CT molecular complexity index is 1420. The molecule has 0 saturated carbocycles. The normalized spacial score (nSPS) is 11.9. The van der Waals surface area contributed by atoms with Gasteiger partial charge in [0.2, 0.25) is 0 Å². The van der Waals surface area contributed by atoms with Crippen molar-refractivity contribution in [3.05, 3.63) is 48.0 Å². The van der Waals surface area contributed by atoms with Gasteiger partial charge in [0.05, 0.1) is 23.9 Å². The number of amides is 1. The lowest BCUT2D eigenvalue weighted by atomic mass is 10.1. The van der Waals surface area contributed by atoms with E-state index in [0.717, 1.165) is 35.8 Å². The molecule has 0 aromatic carbocycles. The minimum Gasteiger partial charge on any atom is -0.491 e. The molecule has 0 spiro atoms. The minimum absolute atomic E-state index is 0.202. The number of anilines is 2. The van der Waals surface area contributed by atoms with E-state index in [1.54, 1.807) is 58.7 Å². The summed E-state index contributed by atoms with van der Waals surface area (Å²) in [5, 5.41) is 7.54. The topological polar surface area (TPSA) is 107 Å². The number of carbonyl (C=O) groups is 1. The van der Waals surface area contributed by atoms with E-state index in [-0.39, 0.29) is 5.04 Å². The molecule has 3 heterocycles. The molecule has 9 nitrogen and oxygen atoms in total. The Morgan fingerprint density at radius 2 is 1.66 bits per heavy atom. The summed E-state index contributed by atoms with van der Waals surface area (Å²) in [6.45, 7) is 18.0. The molecule has 0 saturated heterocycles. The lowest BCUT2D eigenvalue weighted by Crippen LogP contribution is -2.41. The van der Waals surface area contributed by atoms with Crippen molar-refractivity contribution in [3.63, 3.8) is 0 Å². The number of fused-ring (bicyclic) bond motifs is 1. The summed E-state index contributed by atoms with van der Waals surface area (Å²) in [7, 11) is 0.0546. The van der Waals surface area contributed by atoms with Crippen molar-refractivity contribution in [1.29, 1.82) is 0 Å². The third kappa shape index (κ3) is 9.16. The number of hydrogen-bond donors (Lipinski definition) is 2. The number of pyridine rings is 3. The lowest BCUT2D eigenvalue weighted by Gasteiger charge is -2.36. The highest BCUT2D eigenvalue weighted by atomic mass is 28.4. The van der Waals surface area contributed by atoms with Crippen LogP contribution in [0.1, 0.15) is 65.5 Å². The smallest absolute Gasteiger partial charge is 0.413 e. The molecule has 0 aliphatic carbocycles. The second kappa shape index (κ2) is 13.3. The van der Waals surface area contributed by atoms with E-state index in [0.29, 0.717) is 29.6 Å². The summed E-state index contributed by atoms with van der Waals surface area (Å²) in [6.07, 6.45) is 7.95. The third-order valence-electron chi connectivity index (χ3n) is 6.82. The van der Waals surface area contributed by atoms with E-state index in [9.17, 15) is 4.79 Å². The van der Waals surface area contributed by atoms with Gasteiger partial charge >= 0.3 is 6.09 Å². The average Bonchev–Trinajstić information content (AvgIpc) is 2.88. The number of ether oxygens (including phenoxy) is 2. The van der Waals surface area contributed by atoms with Crippen LogP contribution in [0.4, 0.5) is 16.4 Å². The molecule has 41 heavy (non-hydrogen) atoms. The Balaban J connectivity index is 1.74. The van der Waals surface area contributed by atoms with Gasteiger partial charge in [0.15, 0.2) is 14.1 Å². The van der Waals surface area contributed by atoms with E-state index in [4.69, 9.17) is 13.9 Å². The van der Waals surface area contributed by atoms with Gasteiger partial charge in [-0.15, -0.1) is 0 Å². The average molecular weight is 578 g/mol. The molecule has 0 aliphatic heterocycles. The van der Waals surface area contributed by atoms with Crippen LogP contribution < -0.4 is 15.4 Å². The highest BCUT2D eigenvalue weighted by Gasteiger charge is 2.36. The standard InChI is InChI=1S/C31H43N5O4Si/c1-30(2,3)40-29(37)36-27-18-24-23(19-35-28(32-7)25(24)20-34-27)13-12-22-14-15-33-21-26(22)38-16-10-11-17-39-41(8,9)31(4,5)6/h14-15,18-21H,10-11,16-17H2,1-9H3,(H,32,35)(H,34,36,37). The summed E-state index contributed by atoms with van der Waals surface area (Å²) >= 11 is 0. The van der Waals surface area contributed by atoms with Crippen LogP contribution in [-0.2, 0) is 9.16 Å². The summed E-state index contributed by atoms with van der Waals surface area (Å²) in [5.74, 6) is 8.08. The highest BCUT2D eigenvalue weighted by Crippen LogP contribution is 2.36. The molecule has 0 unspecified atom stereocenters. The molecule has 3 rings (SSSR count). The van der Waals surface area contributed by atoms with Crippen LogP contribution in [-0.4, -0.2) is 55.2 Å². The Morgan fingerprint density at radius 1 is 0.951 bits per heavy atom. The van der Waals surface area contributed by atoms with Gasteiger partial charge in [-0.1, -0.05) is 32.6 Å². The predicted molar refractivity (Wildman–Crippen MR) is 167 cm³/mol. The van der Waals surface area contributed by atoms with Gasteiger partial charge in [-0.25, -0.2) is 14.8 Å². The van der Waals surface area contributed by atoms with Crippen molar-refractivity contribution in [1.82, 2.24) is 15.0 Å². The second-order valence-corrected chi connectivity index (χ2v) is 17.1.